The molecule has 1 aliphatic rings. The second-order valence-electron chi connectivity index (χ2n) is 9.14. The summed E-state index contributed by atoms with van der Waals surface area (Å²) >= 11 is 6.13. The van der Waals surface area contributed by atoms with Crippen LogP contribution in [0.2, 0.25) is 5.02 Å². The average Bonchev–Trinajstić information content (AvgIpc) is 2.90. The molecule has 1 heterocycles. The average molecular weight is 483 g/mol. The molecule has 0 saturated carbocycles. The van der Waals surface area contributed by atoms with E-state index in [9.17, 15) is 0 Å². The van der Waals surface area contributed by atoms with Crippen LogP contribution in [-0.4, -0.2) is 23.1 Å². The van der Waals surface area contributed by atoms with Gasteiger partial charge in [0.05, 0.1) is 5.69 Å². The fourth-order valence-electron chi connectivity index (χ4n) is 4.73. The maximum atomic E-state index is 6.13. The van der Waals surface area contributed by atoms with Crippen LogP contribution in [0.5, 0.6) is 0 Å². The van der Waals surface area contributed by atoms with Gasteiger partial charge in [0.25, 0.3) is 0 Å². The Bertz CT molecular complexity index is 1270. The number of fused-ring (bicyclic) bond motifs is 3. The number of unbranched alkanes of at least 4 members (excludes halogenated alkanes) is 1. The number of hydrogen-bond donors (Lipinski definition) is 2. The van der Waals surface area contributed by atoms with Crippen molar-refractivity contribution in [3.05, 3.63) is 106 Å². The van der Waals surface area contributed by atoms with Gasteiger partial charge in [-0.3, -0.25) is 0 Å². The summed E-state index contributed by atoms with van der Waals surface area (Å²) in [7, 11) is 0. The first-order valence-electron chi connectivity index (χ1n) is 12.5. The van der Waals surface area contributed by atoms with Crippen molar-refractivity contribution in [2.45, 2.75) is 38.5 Å². The van der Waals surface area contributed by atoms with E-state index in [2.05, 4.69) is 83.2 Å². The van der Waals surface area contributed by atoms with Crippen LogP contribution in [0, 0.1) is 0 Å². The molecule has 1 atom stereocenters. The van der Waals surface area contributed by atoms with Crippen LogP contribution in [0.3, 0.4) is 0 Å². The zero-order chi connectivity index (χ0) is 24.0. The van der Waals surface area contributed by atoms with Gasteiger partial charge in [-0.25, -0.2) is 9.97 Å². The highest BCUT2D eigenvalue weighted by Gasteiger charge is 2.27. The van der Waals surface area contributed by atoms with E-state index in [1.165, 1.54) is 40.7 Å². The molecule has 0 bridgehead atoms. The third-order valence-corrected chi connectivity index (χ3v) is 6.91. The number of nitrogens with zero attached hydrogens (tertiary/aromatic N) is 2. The van der Waals surface area contributed by atoms with E-state index in [0.29, 0.717) is 5.95 Å². The van der Waals surface area contributed by atoms with Gasteiger partial charge in [0.2, 0.25) is 5.95 Å². The SMILES string of the molecule is CCCCNCCc1ccc(Nc2ncc3c(n2)-c2ccccc2C(c2ccc(Cl)cc2)C3)cc1. The Balaban J connectivity index is 1.32. The molecule has 0 radical (unpaired) electrons. The lowest BCUT2D eigenvalue weighted by molar-refractivity contribution is 0.640. The van der Waals surface area contributed by atoms with Gasteiger partial charge >= 0.3 is 0 Å². The van der Waals surface area contributed by atoms with Gasteiger partial charge in [-0.05, 0) is 78.9 Å². The summed E-state index contributed by atoms with van der Waals surface area (Å²) in [5.74, 6) is 0.889. The zero-order valence-electron chi connectivity index (χ0n) is 20.1. The maximum absolute atomic E-state index is 6.13. The summed E-state index contributed by atoms with van der Waals surface area (Å²) in [6.45, 7) is 4.32. The van der Waals surface area contributed by atoms with E-state index >= 15 is 0 Å². The third kappa shape index (κ3) is 5.55. The molecule has 4 nitrogen and oxygen atoms in total. The van der Waals surface area contributed by atoms with Gasteiger partial charge in [-0.1, -0.05) is 73.5 Å². The monoisotopic (exact) mass is 482 g/mol. The number of halogens is 1. The third-order valence-electron chi connectivity index (χ3n) is 6.66. The summed E-state index contributed by atoms with van der Waals surface area (Å²) in [4.78, 5) is 9.59. The molecule has 35 heavy (non-hydrogen) atoms. The van der Waals surface area contributed by atoms with Crippen LogP contribution in [0.4, 0.5) is 11.6 Å². The molecule has 2 N–H and O–H groups in total. The lowest BCUT2D eigenvalue weighted by Gasteiger charge is -2.27. The first-order chi connectivity index (χ1) is 17.2. The van der Waals surface area contributed by atoms with Crippen molar-refractivity contribution >= 4 is 23.2 Å². The first kappa shape index (κ1) is 23.5. The van der Waals surface area contributed by atoms with E-state index in [-0.39, 0.29) is 5.92 Å². The van der Waals surface area contributed by atoms with E-state index in [1.54, 1.807) is 0 Å². The van der Waals surface area contributed by atoms with Gasteiger partial charge in [-0.15, -0.1) is 0 Å². The van der Waals surface area contributed by atoms with Crippen molar-refractivity contribution in [1.82, 2.24) is 15.3 Å². The number of benzene rings is 3. The minimum atomic E-state index is 0.266. The Kier molecular flexibility index (Phi) is 7.41. The van der Waals surface area contributed by atoms with Crippen molar-refractivity contribution in [1.29, 1.82) is 0 Å². The van der Waals surface area contributed by atoms with Crippen molar-refractivity contribution in [2.24, 2.45) is 0 Å². The molecule has 4 aromatic rings. The first-order valence-corrected chi connectivity index (χ1v) is 12.9. The molecule has 1 aromatic heterocycles. The Morgan fingerprint density at radius 1 is 0.943 bits per heavy atom. The molecule has 5 rings (SSSR count). The van der Waals surface area contributed by atoms with Gasteiger partial charge < -0.3 is 10.6 Å². The number of anilines is 2. The molecule has 3 aromatic carbocycles. The van der Waals surface area contributed by atoms with E-state index in [0.717, 1.165) is 42.3 Å². The topological polar surface area (TPSA) is 49.8 Å². The predicted molar refractivity (Wildman–Crippen MR) is 146 cm³/mol. The van der Waals surface area contributed by atoms with Crippen LogP contribution in [0.15, 0.2) is 79.0 Å². The van der Waals surface area contributed by atoms with Gasteiger partial charge in [-0.2, -0.15) is 0 Å². The second-order valence-corrected chi connectivity index (χ2v) is 9.57. The quantitative estimate of drug-likeness (QED) is 0.248. The number of rotatable bonds is 9. The summed E-state index contributed by atoms with van der Waals surface area (Å²) in [5, 5.41) is 7.65. The van der Waals surface area contributed by atoms with E-state index in [4.69, 9.17) is 16.6 Å². The molecule has 178 valence electrons. The van der Waals surface area contributed by atoms with Crippen molar-refractivity contribution in [3.63, 3.8) is 0 Å². The molecule has 0 aliphatic heterocycles. The maximum Gasteiger partial charge on any atom is 0.227 e. The number of hydrogen-bond acceptors (Lipinski definition) is 4. The lowest BCUT2D eigenvalue weighted by Crippen LogP contribution is -2.18. The summed E-state index contributed by atoms with van der Waals surface area (Å²) in [6, 6.07) is 25.3. The molecule has 1 unspecified atom stereocenters. The molecular weight excluding hydrogens is 452 g/mol. The largest absolute Gasteiger partial charge is 0.324 e. The summed E-state index contributed by atoms with van der Waals surface area (Å²) in [5.41, 5.74) is 8.23. The van der Waals surface area contributed by atoms with E-state index < -0.39 is 0 Å². The fourth-order valence-corrected chi connectivity index (χ4v) is 4.86. The Labute approximate surface area is 212 Å². The highest BCUT2D eigenvalue weighted by atomic mass is 35.5. The minimum Gasteiger partial charge on any atom is -0.324 e. The van der Waals surface area contributed by atoms with Crippen LogP contribution in [-0.2, 0) is 12.8 Å². The number of aromatic nitrogens is 2. The number of nitrogens with one attached hydrogen (secondary N) is 2. The van der Waals surface area contributed by atoms with Crippen LogP contribution < -0.4 is 10.6 Å². The molecule has 0 fully saturated rings. The summed E-state index contributed by atoms with van der Waals surface area (Å²) < 4.78 is 0. The van der Waals surface area contributed by atoms with Crippen LogP contribution in [0.25, 0.3) is 11.3 Å². The zero-order valence-corrected chi connectivity index (χ0v) is 20.9. The Morgan fingerprint density at radius 3 is 2.54 bits per heavy atom. The molecule has 0 amide bonds. The normalized spacial score (nSPS) is 14.3. The Morgan fingerprint density at radius 2 is 1.74 bits per heavy atom. The molecule has 1 aliphatic carbocycles. The standard InChI is InChI=1S/C30H31ClN4/c1-2-3-17-32-18-16-21-8-14-25(15-9-21)34-30-33-20-23-19-28(22-10-12-24(31)13-11-22)26-6-4-5-7-27(26)29(23)35-30/h4-15,20,28,32H,2-3,16-19H2,1H3,(H,33,34,35). The lowest BCUT2D eigenvalue weighted by atomic mass is 9.78. The van der Waals surface area contributed by atoms with E-state index in [1.807, 2.05) is 18.3 Å². The fraction of sp³-hybridized carbons (Fsp3) is 0.267. The Hall–Kier alpha value is -3.21. The molecule has 0 spiro atoms. The van der Waals surface area contributed by atoms with Crippen molar-refractivity contribution in [3.8, 4) is 11.3 Å². The van der Waals surface area contributed by atoms with Crippen molar-refractivity contribution in [2.75, 3.05) is 18.4 Å². The highest BCUT2D eigenvalue weighted by molar-refractivity contribution is 6.30. The molecular formula is C30H31ClN4. The molecule has 5 heteroatoms. The van der Waals surface area contributed by atoms with Crippen LogP contribution >= 0.6 is 11.6 Å². The van der Waals surface area contributed by atoms with Crippen LogP contribution in [0.1, 0.15) is 47.9 Å². The van der Waals surface area contributed by atoms with Gasteiger partial charge in [0.1, 0.15) is 0 Å². The highest BCUT2D eigenvalue weighted by Crippen LogP contribution is 2.42. The second kappa shape index (κ2) is 11.0. The minimum absolute atomic E-state index is 0.266. The smallest absolute Gasteiger partial charge is 0.227 e. The summed E-state index contributed by atoms with van der Waals surface area (Å²) in [6.07, 6.45) is 6.34. The predicted octanol–water partition coefficient (Wildman–Crippen LogP) is 7.16. The van der Waals surface area contributed by atoms with Gasteiger partial charge in [0.15, 0.2) is 0 Å². The van der Waals surface area contributed by atoms with Crippen molar-refractivity contribution < 1.29 is 0 Å². The molecule has 0 saturated heterocycles. The van der Waals surface area contributed by atoms with Gasteiger partial charge in [0, 0.05) is 28.4 Å².